The van der Waals surface area contributed by atoms with Crippen molar-refractivity contribution in [2.45, 2.75) is 6.61 Å². The van der Waals surface area contributed by atoms with E-state index in [1.165, 1.54) is 43.7 Å². The van der Waals surface area contributed by atoms with Gasteiger partial charge in [0.1, 0.15) is 0 Å². The second kappa shape index (κ2) is 8.29. The first-order valence-corrected chi connectivity index (χ1v) is 7.24. The second-order valence-electron chi connectivity index (χ2n) is 4.63. The summed E-state index contributed by atoms with van der Waals surface area (Å²) in [6.07, 6.45) is 1.23. The van der Waals surface area contributed by atoms with Gasteiger partial charge in [0.25, 0.3) is 0 Å². The summed E-state index contributed by atoms with van der Waals surface area (Å²) in [6, 6.07) is 8.59. The lowest BCUT2D eigenvalue weighted by Crippen LogP contribution is -2.06. The fourth-order valence-electron chi connectivity index (χ4n) is 1.93. The van der Waals surface area contributed by atoms with E-state index in [0.29, 0.717) is 0 Å². The zero-order valence-electron chi connectivity index (χ0n) is 12.9. The monoisotopic (exact) mass is 370 g/mol. The van der Waals surface area contributed by atoms with Crippen molar-refractivity contribution in [1.29, 1.82) is 0 Å². The van der Waals surface area contributed by atoms with Gasteiger partial charge in [0.15, 0.2) is 11.5 Å². The van der Waals surface area contributed by atoms with E-state index in [1.807, 2.05) is 0 Å². The standard InChI is InChI=1S/C16H13ClF2N2O4/c1-24-13-4-2-3-10(14(13)25-16(18)19)8-20-21-12-7-9(15(22)23)5-6-11(12)17/h2-8,16,21H,1H3,(H,22,23)/b20-8-. The number of benzene rings is 2. The molecule has 0 radical (unpaired) electrons. The third-order valence-electron chi connectivity index (χ3n) is 3.04. The van der Waals surface area contributed by atoms with Gasteiger partial charge >= 0.3 is 12.6 Å². The lowest BCUT2D eigenvalue weighted by molar-refractivity contribution is -0.0513. The first kappa shape index (κ1) is 18.5. The molecule has 132 valence electrons. The Morgan fingerprint density at radius 1 is 1.36 bits per heavy atom. The van der Waals surface area contributed by atoms with Crippen LogP contribution >= 0.6 is 11.6 Å². The Balaban J connectivity index is 2.25. The van der Waals surface area contributed by atoms with Crippen LogP contribution in [0.1, 0.15) is 15.9 Å². The van der Waals surface area contributed by atoms with Crippen LogP contribution in [0, 0.1) is 0 Å². The molecule has 2 aromatic rings. The second-order valence-corrected chi connectivity index (χ2v) is 5.03. The number of carbonyl (C=O) groups is 1. The Labute approximate surface area is 146 Å². The maximum atomic E-state index is 12.6. The van der Waals surface area contributed by atoms with Gasteiger partial charge in [-0.25, -0.2) is 4.79 Å². The molecule has 6 nitrogen and oxygen atoms in total. The number of hydrogen-bond donors (Lipinski definition) is 2. The number of nitrogens with zero attached hydrogens (tertiary/aromatic N) is 1. The summed E-state index contributed by atoms with van der Waals surface area (Å²) in [5.41, 5.74) is 3.06. The zero-order chi connectivity index (χ0) is 18.4. The first-order valence-electron chi connectivity index (χ1n) is 6.86. The minimum atomic E-state index is -3.03. The van der Waals surface area contributed by atoms with Gasteiger partial charge in [-0.3, -0.25) is 5.43 Å². The maximum Gasteiger partial charge on any atom is 0.387 e. The van der Waals surface area contributed by atoms with Crippen LogP contribution in [-0.2, 0) is 0 Å². The summed E-state index contributed by atoms with van der Waals surface area (Å²) in [5.74, 6) is -1.17. The molecule has 0 bridgehead atoms. The smallest absolute Gasteiger partial charge is 0.387 e. The van der Waals surface area contributed by atoms with Crippen molar-refractivity contribution in [1.82, 2.24) is 0 Å². The molecule has 9 heteroatoms. The Morgan fingerprint density at radius 3 is 2.76 bits per heavy atom. The van der Waals surface area contributed by atoms with E-state index in [-0.39, 0.29) is 33.3 Å². The molecule has 0 aromatic heterocycles. The zero-order valence-corrected chi connectivity index (χ0v) is 13.6. The van der Waals surface area contributed by atoms with E-state index >= 15 is 0 Å². The number of carboxylic acids is 1. The third kappa shape index (κ3) is 4.80. The number of halogens is 3. The first-order chi connectivity index (χ1) is 11.9. The van der Waals surface area contributed by atoms with E-state index in [9.17, 15) is 13.6 Å². The summed E-state index contributed by atoms with van der Waals surface area (Å²) in [7, 11) is 1.32. The van der Waals surface area contributed by atoms with Gasteiger partial charge in [0.05, 0.1) is 29.6 Å². The highest BCUT2D eigenvalue weighted by Gasteiger charge is 2.14. The molecule has 2 rings (SSSR count). The molecule has 0 aliphatic rings. The van der Waals surface area contributed by atoms with E-state index in [2.05, 4.69) is 15.3 Å². The Kier molecular flexibility index (Phi) is 6.13. The normalized spacial score (nSPS) is 10.9. The topological polar surface area (TPSA) is 80.2 Å². The van der Waals surface area contributed by atoms with Crippen LogP contribution in [0.2, 0.25) is 5.02 Å². The fraction of sp³-hybridized carbons (Fsp3) is 0.125. The number of rotatable bonds is 7. The summed E-state index contributed by atoms with van der Waals surface area (Å²) in [6.45, 7) is -3.03. The number of hydrogen-bond acceptors (Lipinski definition) is 5. The highest BCUT2D eigenvalue weighted by atomic mass is 35.5. The van der Waals surface area contributed by atoms with Crippen LogP contribution in [0.3, 0.4) is 0 Å². The van der Waals surface area contributed by atoms with Crippen molar-refractivity contribution >= 4 is 29.5 Å². The molecular formula is C16H13ClF2N2O4. The van der Waals surface area contributed by atoms with Crippen molar-refractivity contribution < 1.29 is 28.2 Å². The minimum Gasteiger partial charge on any atom is -0.493 e. The molecule has 0 amide bonds. The molecule has 0 fully saturated rings. The molecule has 0 aliphatic heterocycles. The van der Waals surface area contributed by atoms with Crippen molar-refractivity contribution in [3.63, 3.8) is 0 Å². The van der Waals surface area contributed by atoms with Gasteiger partial charge in [0, 0.05) is 5.56 Å². The summed E-state index contributed by atoms with van der Waals surface area (Å²) < 4.78 is 34.6. The van der Waals surface area contributed by atoms with Gasteiger partial charge < -0.3 is 14.6 Å². The molecule has 0 saturated carbocycles. The van der Waals surface area contributed by atoms with Crippen LogP contribution in [-0.4, -0.2) is 31.0 Å². The SMILES string of the molecule is COc1cccc(/C=N\Nc2cc(C(=O)O)ccc2Cl)c1OC(F)F. The number of carboxylic acid groups (broad SMARTS) is 1. The van der Waals surface area contributed by atoms with Crippen LogP contribution in [0.5, 0.6) is 11.5 Å². The predicted molar refractivity (Wildman–Crippen MR) is 89.3 cm³/mol. The van der Waals surface area contributed by atoms with Crippen molar-refractivity contribution in [2.75, 3.05) is 12.5 Å². The van der Waals surface area contributed by atoms with Crippen molar-refractivity contribution in [3.05, 3.63) is 52.5 Å². The number of alkyl halides is 2. The van der Waals surface area contributed by atoms with E-state index in [0.717, 1.165) is 0 Å². The third-order valence-corrected chi connectivity index (χ3v) is 3.37. The van der Waals surface area contributed by atoms with E-state index in [4.69, 9.17) is 21.4 Å². The summed E-state index contributed by atoms with van der Waals surface area (Å²) in [5, 5.41) is 13.1. The van der Waals surface area contributed by atoms with Crippen molar-refractivity contribution in [2.24, 2.45) is 5.10 Å². The lowest BCUT2D eigenvalue weighted by atomic mass is 10.2. The number of anilines is 1. The number of methoxy groups -OCH3 is 1. The predicted octanol–water partition coefficient (Wildman–Crippen LogP) is 4.09. The van der Waals surface area contributed by atoms with Crippen LogP contribution in [0.25, 0.3) is 0 Å². The van der Waals surface area contributed by atoms with Gasteiger partial charge in [-0.15, -0.1) is 0 Å². The van der Waals surface area contributed by atoms with Crippen LogP contribution < -0.4 is 14.9 Å². The van der Waals surface area contributed by atoms with Gasteiger partial charge in [0.2, 0.25) is 0 Å². The molecule has 0 spiro atoms. The van der Waals surface area contributed by atoms with E-state index < -0.39 is 12.6 Å². The van der Waals surface area contributed by atoms with Crippen LogP contribution in [0.4, 0.5) is 14.5 Å². The molecule has 0 heterocycles. The van der Waals surface area contributed by atoms with Gasteiger partial charge in [-0.05, 0) is 30.3 Å². The molecular weight excluding hydrogens is 358 g/mol. The Hall–Kier alpha value is -2.87. The Bertz CT molecular complexity index is 800. The van der Waals surface area contributed by atoms with Gasteiger partial charge in [-0.2, -0.15) is 13.9 Å². The molecule has 0 unspecified atom stereocenters. The van der Waals surface area contributed by atoms with E-state index in [1.54, 1.807) is 6.07 Å². The summed E-state index contributed by atoms with van der Waals surface area (Å²) in [4.78, 5) is 11.0. The number of aromatic carboxylic acids is 1. The average Bonchev–Trinajstić information content (AvgIpc) is 2.57. The quantitative estimate of drug-likeness (QED) is 0.566. The lowest BCUT2D eigenvalue weighted by Gasteiger charge is -2.12. The number of para-hydroxylation sites is 1. The molecule has 0 aliphatic carbocycles. The molecule has 0 atom stereocenters. The van der Waals surface area contributed by atoms with Crippen molar-refractivity contribution in [3.8, 4) is 11.5 Å². The summed E-state index contributed by atoms with van der Waals surface area (Å²) >= 11 is 5.96. The molecule has 0 saturated heterocycles. The largest absolute Gasteiger partial charge is 0.493 e. The number of hydrazone groups is 1. The highest BCUT2D eigenvalue weighted by molar-refractivity contribution is 6.33. The molecule has 2 N–H and O–H groups in total. The Morgan fingerprint density at radius 2 is 2.12 bits per heavy atom. The molecule has 25 heavy (non-hydrogen) atoms. The highest BCUT2D eigenvalue weighted by Crippen LogP contribution is 2.31. The maximum absolute atomic E-state index is 12.6. The molecule has 2 aromatic carbocycles. The minimum absolute atomic E-state index is 0.0187. The number of nitrogens with one attached hydrogen (secondary N) is 1. The fourth-order valence-corrected chi connectivity index (χ4v) is 2.09. The number of ether oxygens (including phenoxy) is 2. The van der Waals surface area contributed by atoms with Crippen LogP contribution in [0.15, 0.2) is 41.5 Å². The average molecular weight is 371 g/mol. The van der Waals surface area contributed by atoms with Gasteiger partial charge in [-0.1, -0.05) is 17.7 Å².